The molecule has 0 aromatic heterocycles. The zero-order chi connectivity index (χ0) is 10.0. The topological polar surface area (TPSA) is 26.3 Å². The van der Waals surface area contributed by atoms with Gasteiger partial charge in [-0.2, -0.15) is 0 Å². The Bertz CT molecular complexity index is 211. The molecule has 0 N–H and O–H groups in total. The second-order valence-corrected chi connectivity index (χ2v) is 11.9. The summed E-state index contributed by atoms with van der Waals surface area (Å²) in [5, 5.41) is 0. The zero-order valence-electron chi connectivity index (χ0n) is 8.84. The van der Waals surface area contributed by atoms with Crippen LogP contribution >= 0.6 is 6.83 Å². The molecule has 0 aromatic carbocycles. The Morgan fingerprint density at radius 1 is 1.17 bits per heavy atom. The van der Waals surface area contributed by atoms with Gasteiger partial charge in [-0.25, -0.2) is 0 Å². The number of carbonyl (C=O) groups is 1. The Balaban J connectivity index is 4.40. The predicted molar refractivity (Wildman–Crippen MR) is 56.1 cm³/mol. The van der Waals surface area contributed by atoms with Gasteiger partial charge in [0.1, 0.15) is 0 Å². The summed E-state index contributed by atoms with van der Waals surface area (Å²) in [6.45, 7) is 9.79. The number of rotatable bonds is 3. The van der Waals surface area contributed by atoms with E-state index in [-0.39, 0.29) is 5.78 Å². The van der Waals surface area contributed by atoms with Crippen LogP contribution in [-0.2, 0) is 9.32 Å². The number of ketones is 1. The first-order chi connectivity index (χ1) is 5.06. The van der Waals surface area contributed by atoms with Crippen LogP contribution in [0.4, 0.5) is 0 Å². The molecular formula is C9H19O2P. The molecule has 0 atom stereocenters. The van der Waals surface area contributed by atoms with E-state index in [4.69, 9.17) is 4.52 Å². The summed E-state index contributed by atoms with van der Waals surface area (Å²) in [4.78, 5) is 10.7. The number of carbonyl (C=O) groups excluding carboxylic acids is 1. The fraction of sp³-hybridized carbons (Fsp3) is 0.667. The molecule has 0 radical (unpaired) electrons. The van der Waals surface area contributed by atoms with Crippen molar-refractivity contribution < 1.29 is 9.32 Å². The molecule has 0 saturated heterocycles. The molecule has 12 heavy (non-hydrogen) atoms. The summed E-state index contributed by atoms with van der Waals surface area (Å²) in [5.41, 5.74) is 0. The first-order valence-electron chi connectivity index (χ1n) is 3.96. The third-order valence-electron chi connectivity index (χ3n) is 0.916. The molecule has 0 aromatic rings. The van der Waals surface area contributed by atoms with Gasteiger partial charge in [0.15, 0.2) is 0 Å². The van der Waals surface area contributed by atoms with Gasteiger partial charge in [0.05, 0.1) is 0 Å². The summed E-state index contributed by atoms with van der Waals surface area (Å²) >= 11 is 0. The standard InChI is InChI=1S/C9H19O2P/c1-8(10)7-9(2)11-12(3,4,5)6/h7H,1-6H3/b9-7-. The van der Waals surface area contributed by atoms with E-state index >= 15 is 0 Å². The van der Waals surface area contributed by atoms with Gasteiger partial charge >= 0.3 is 74.3 Å². The van der Waals surface area contributed by atoms with E-state index in [1.807, 2.05) is 6.92 Å². The molecule has 0 saturated carbocycles. The van der Waals surface area contributed by atoms with Crippen molar-refractivity contribution in [1.29, 1.82) is 0 Å². The Morgan fingerprint density at radius 2 is 1.58 bits per heavy atom. The van der Waals surface area contributed by atoms with Gasteiger partial charge in [0.2, 0.25) is 0 Å². The van der Waals surface area contributed by atoms with Gasteiger partial charge in [0.25, 0.3) is 0 Å². The molecular weight excluding hydrogens is 171 g/mol. The van der Waals surface area contributed by atoms with Gasteiger partial charge in [-0.1, -0.05) is 0 Å². The molecule has 0 heterocycles. The molecule has 0 aliphatic rings. The van der Waals surface area contributed by atoms with Crippen molar-refractivity contribution in [2.24, 2.45) is 0 Å². The molecule has 0 rings (SSSR count). The molecule has 0 fully saturated rings. The molecule has 2 nitrogen and oxygen atoms in total. The van der Waals surface area contributed by atoms with Crippen LogP contribution in [-0.4, -0.2) is 32.4 Å². The molecule has 0 aliphatic heterocycles. The third-order valence-corrected chi connectivity index (χ3v) is 1.93. The fourth-order valence-corrected chi connectivity index (χ4v) is 2.09. The predicted octanol–water partition coefficient (Wildman–Crippen LogP) is 2.48. The minimum atomic E-state index is -1.96. The van der Waals surface area contributed by atoms with E-state index in [1.165, 1.54) is 13.0 Å². The van der Waals surface area contributed by atoms with Crippen molar-refractivity contribution in [3.63, 3.8) is 0 Å². The third kappa shape index (κ3) is 7.74. The fourth-order valence-electron chi connectivity index (χ4n) is 0.889. The Morgan fingerprint density at radius 3 is 1.83 bits per heavy atom. The van der Waals surface area contributed by atoms with Gasteiger partial charge in [-0.15, -0.1) is 0 Å². The number of allylic oxidation sites excluding steroid dienone is 2. The molecule has 0 amide bonds. The quantitative estimate of drug-likeness (QED) is 0.388. The summed E-state index contributed by atoms with van der Waals surface area (Å²) in [7, 11) is 0. The van der Waals surface area contributed by atoms with Crippen LogP contribution in [0.3, 0.4) is 0 Å². The van der Waals surface area contributed by atoms with E-state index in [0.29, 0.717) is 0 Å². The molecule has 72 valence electrons. The zero-order valence-corrected chi connectivity index (χ0v) is 9.74. The summed E-state index contributed by atoms with van der Waals surface area (Å²) in [5.74, 6) is 0.753. The molecule has 0 unspecified atom stereocenters. The van der Waals surface area contributed by atoms with E-state index in [0.717, 1.165) is 5.76 Å². The average Bonchev–Trinajstić information content (AvgIpc) is 1.50. The maximum absolute atomic E-state index is 10.7. The van der Waals surface area contributed by atoms with E-state index in [2.05, 4.69) is 26.7 Å². The van der Waals surface area contributed by atoms with Crippen molar-refractivity contribution in [2.45, 2.75) is 13.8 Å². The van der Waals surface area contributed by atoms with Crippen LogP contribution in [0.1, 0.15) is 13.8 Å². The van der Waals surface area contributed by atoms with Crippen molar-refractivity contribution in [3.8, 4) is 0 Å². The molecule has 0 spiro atoms. The van der Waals surface area contributed by atoms with Crippen LogP contribution in [0.25, 0.3) is 0 Å². The van der Waals surface area contributed by atoms with Crippen molar-refractivity contribution in [1.82, 2.24) is 0 Å². The van der Waals surface area contributed by atoms with Crippen molar-refractivity contribution in [2.75, 3.05) is 26.7 Å². The summed E-state index contributed by atoms with van der Waals surface area (Å²) in [6.07, 6.45) is 1.53. The average molecular weight is 190 g/mol. The number of hydrogen-bond acceptors (Lipinski definition) is 2. The van der Waals surface area contributed by atoms with Crippen LogP contribution < -0.4 is 0 Å². The second kappa shape index (κ2) is 3.18. The number of hydrogen-bond donors (Lipinski definition) is 0. The van der Waals surface area contributed by atoms with Crippen LogP contribution in [0.15, 0.2) is 11.8 Å². The Hall–Kier alpha value is -0.360. The van der Waals surface area contributed by atoms with E-state index in [1.54, 1.807) is 0 Å². The van der Waals surface area contributed by atoms with E-state index < -0.39 is 6.83 Å². The maximum atomic E-state index is 10.7. The Kier molecular flexibility index (Phi) is 3.08. The van der Waals surface area contributed by atoms with Crippen molar-refractivity contribution in [3.05, 3.63) is 11.8 Å². The van der Waals surface area contributed by atoms with Crippen LogP contribution in [0.5, 0.6) is 0 Å². The SMILES string of the molecule is CC(=O)/C=C(/C)OP(C)(C)(C)C. The minimum absolute atomic E-state index is 0.0351. The normalized spacial score (nSPS) is 16.5. The first-order valence-corrected chi connectivity index (χ1v) is 7.90. The van der Waals surface area contributed by atoms with Gasteiger partial charge < -0.3 is 0 Å². The summed E-state index contributed by atoms with van der Waals surface area (Å²) in [6, 6.07) is 0. The van der Waals surface area contributed by atoms with Gasteiger partial charge in [-0.3, -0.25) is 0 Å². The molecule has 0 aliphatic carbocycles. The Labute approximate surface area is 75.0 Å². The molecule has 0 bridgehead atoms. The second-order valence-electron chi connectivity index (χ2n) is 4.87. The monoisotopic (exact) mass is 190 g/mol. The van der Waals surface area contributed by atoms with Gasteiger partial charge in [0, 0.05) is 0 Å². The van der Waals surface area contributed by atoms with Crippen LogP contribution in [0, 0.1) is 0 Å². The van der Waals surface area contributed by atoms with Gasteiger partial charge in [-0.05, 0) is 0 Å². The van der Waals surface area contributed by atoms with Crippen molar-refractivity contribution >= 4 is 12.6 Å². The van der Waals surface area contributed by atoms with E-state index in [9.17, 15) is 4.79 Å². The molecule has 3 heteroatoms. The first kappa shape index (κ1) is 11.6. The van der Waals surface area contributed by atoms with Crippen LogP contribution in [0.2, 0.25) is 0 Å². The summed E-state index contributed by atoms with van der Waals surface area (Å²) < 4.78 is 5.71.